The third-order valence-corrected chi connectivity index (χ3v) is 4.05. The van der Waals surface area contributed by atoms with Crippen LogP contribution in [-0.2, 0) is 14.8 Å². The van der Waals surface area contributed by atoms with Crippen LogP contribution >= 0.6 is 0 Å². The summed E-state index contributed by atoms with van der Waals surface area (Å²) in [6, 6.07) is 2.34. The van der Waals surface area contributed by atoms with Gasteiger partial charge in [0, 0.05) is 0 Å². The number of nitrogens with one attached hydrogen (secondary N) is 1. The van der Waals surface area contributed by atoms with Crippen molar-refractivity contribution < 1.29 is 22.7 Å². The number of benzene rings is 1. The second-order valence-corrected chi connectivity index (χ2v) is 6.30. The predicted octanol–water partition coefficient (Wildman–Crippen LogP) is 1.52. The van der Waals surface area contributed by atoms with Gasteiger partial charge in [-0.2, -0.15) is 4.72 Å². The SMILES string of the molecule is Cc1ccc(F)c(S(=O)(=O)NC(C(=O)O)C(C)C)c1. The van der Waals surface area contributed by atoms with Crippen molar-refractivity contribution in [2.75, 3.05) is 0 Å². The minimum Gasteiger partial charge on any atom is -0.480 e. The Bertz CT molecular complexity index is 583. The maximum absolute atomic E-state index is 13.6. The maximum atomic E-state index is 13.6. The topological polar surface area (TPSA) is 83.5 Å². The van der Waals surface area contributed by atoms with Gasteiger partial charge in [-0.25, -0.2) is 12.8 Å². The Morgan fingerprint density at radius 3 is 2.42 bits per heavy atom. The molecule has 0 saturated heterocycles. The zero-order valence-corrected chi connectivity index (χ0v) is 11.7. The number of carboxylic acid groups (broad SMARTS) is 1. The van der Waals surface area contributed by atoms with E-state index >= 15 is 0 Å². The van der Waals surface area contributed by atoms with Gasteiger partial charge in [-0.15, -0.1) is 0 Å². The largest absolute Gasteiger partial charge is 0.480 e. The molecule has 1 atom stereocenters. The van der Waals surface area contributed by atoms with Gasteiger partial charge in [0.1, 0.15) is 16.8 Å². The molecule has 106 valence electrons. The number of sulfonamides is 1. The zero-order valence-electron chi connectivity index (χ0n) is 10.8. The molecule has 0 bridgehead atoms. The van der Waals surface area contributed by atoms with Gasteiger partial charge in [0.2, 0.25) is 10.0 Å². The van der Waals surface area contributed by atoms with Crippen LogP contribution in [0.3, 0.4) is 0 Å². The van der Waals surface area contributed by atoms with Gasteiger partial charge in [0.15, 0.2) is 0 Å². The van der Waals surface area contributed by atoms with Crippen LogP contribution in [0.2, 0.25) is 0 Å². The second kappa shape index (κ2) is 5.66. The van der Waals surface area contributed by atoms with Crippen LogP contribution in [0.25, 0.3) is 0 Å². The number of aryl methyl sites for hydroxylation is 1. The summed E-state index contributed by atoms with van der Waals surface area (Å²) < 4.78 is 39.6. The van der Waals surface area contributed by atoms with Crippen LogP contribution in [0.5, 0.6) is 0 Å². The molecule has 0 aliphatic carbocycles. The molecule has 2 N–H and O–H groups in total. The highest BCUT2D eigenvalue weighted by atomic mass is 32.2. The van der Waals surface area contributed by atoms with E-state index in [0.29, 0.717) is 5.56 Å². The van der Waals surface area contributed by atoms with Crippen molar-refractivity contribution in [3.05, 3.63) is 29.6 Å². The van der Waals surface area contributed by atoms with Gasteiger partial charge < -0.3 is 5.11 Å². The first-order chi connectivity index (χ1) is 8.65. The minimum atomic E-state index is -4.21. The fourth-order valence-electron chi connectivity index (χ4n) is 1.52. The average molecular weight is 289 g/mol. The first-order valence-corrected chi connectivity index (χ1v) is 7.14. The van der Waals surface area contributed by atoms with E-state index in [2.05, 4.69) is 0 Å². The maximum Gasteiger partial charge on any atom is 0.322 e. The Kier molecular flexibility index (Phi) is 4.65. The van der Waals surface area contributed by atoms with Crippen molar-refractivity contribution >= 4 is 16.0 Å². The summed E-state index contributed by atoms with van der Waals surface area (Å²) in [6.45, 7) is 4.75. The molecule has 0 heterocycles. The standard InChI is InChI=1S/C12H16FNO4S/c1-7(2)11(12(15)16)14-19(17,18)10-6-8(3)4-5-9(10)13/h4-7,11,14H,1-3H3,(H,15,16). The highest BCUT2D eigenvalue weighted by Crippen LogP contribution is 2.17. The fraction of sp³-hybridized carbons (Fsp3) is 0.417. The Labute approximate surface area is 111 Å². The molecular weight excluding hydrogens is 273 g/mol. The molecule has 19 heavy (non-hydrogen) atoms. The highest BCUT2D eigenvalue weighted by molar-refractivity contribution is 7.89. The number of aliphatic carboxylic acids is 1. The Morgan fingerprint density at radius 2 is 1.95 bits per heavy atom. The smallest absolute Gasteiger partial charge is 0.322 e. The van der Waals surface area contributed by atoms with Gasteiger partial charge in [0.05, 0.1) is 0 Å². The first-order valence-electron chi connectivity index (χ1n) is 5.66. The highest BCUT2D eigenvalue weighted by Gasteiger charge is 2.29. The lowest BCUT2D eigenvalue weighted by Gasteiger charge is -2.18. The molecule has 0 fully saturated rings. The summed E-state index contributed by atoms with van der Waals surface area (Å²) in [7, 11) is -4.21. The third-order valence-electron chi connectivity index (χ3n) is 2.59. The van der Waals surface area contributed by atoms with Gasteiger partial charge >= 0.3 is 5.97 Å². The summed E-state index contributed by atoms with van der Waals surface area (Å²) in [5.74, 6) is -2.67. The van der Waals surface area contributed by atoms with Crippen LogP contribution in [-0.4, -0.2) is 25.5 Å². The lowest BCUT2D eigenvalue weighted by Crippen LogP contribution is -2.44. The fourth-order valence-corrected chi connectivity index (χ4v) is 3.02. The molecule has 7 heteroatoms. The van der Waals surface area contributed by atoms with Gasteiger partial charge in [-0.05, 0) is 30.5 Å². The molecule has 0 amide bonds. The minimum absolute atomic E-state index is 0.458. The molecule has 0 aliphatic heterocycles. The molecule has 0 saturated carbocycles. The molecule has 0 radical (unpaired) electrons. The Balaban J connectivity index is 3.17. The van der Waals surface area contributed by atoms with Gasteiger partial charge in [-0.1, -0.05) is 19.9 Å². The van der Waals surface area contributed by atoms with Crippen molar-refractivity contribution in [2.24, 2.45) is 5.92 Å². The normalized spacial score (nSPS) is 13.5. The number of halogens is 1. The molecule has 0 aliphatic rings. The van der Waals surface area contributed by atoms with E-state index in [4.69, 9.17) is 5.11 Å². The molecule has 1 unspecified atom stereocenters. The number of carbonyl (C=O) groups is 1. The number of hydrogen-bond donors (Lipinski definition) is 2. The van der Waals surface area contributed by atoms with Crippen LogP contribution in [0.1, 0.15) is 19.4 Å². The molecule has 0 aromatic heterocycles. The lowest BCUT2D eigenvalue weighted by molar-refractivity contribution is -0.140. The molecule has 5 nitrogen and oxygen atoms in total. The number of carboxylic acids is 1. The van der Waals surface area contributed by atoms with Gasteiger partial charge in [0.25, 0.3) is 0 Å². The second-order valence-electron chi connectivity index (χ2n) is 4.62. The van der Waals surface area contributed by atoms with E-state index in [9.17, 15) is 17.6 Å². The summed E-state index contributed by atoms with van der Waals surface area (Å²) >= 11 is 0. The lowest BCUT2D eigenvalue weighted by atomic mass is 10.1. The van der Waals surface area contributed by atoms with Crippen molar-refractivity contribution in [2.45, 2.75) is 31.7 Å². The summed E-state index contributed by atoms with van der Waals surface area (Å²) in [4.78, 5) is 10.4. The van der Waals surface area contributed by atoms with Gasteiger partial charge in [-0.3, -0.25) is 4.79 Å². The van der Waals surface area contributed by atoms with E-state index < -0.39 is 38.7 Å². The summed E-state index contributed by atoms with van der Waals surface area (Å²) in [6.07, 6.45) is 0. The van der Waals surface area contributed by atoms with Crippen LogP contribution in [0.4, 0.5) is 4.39 Å². The molecule has 1 rings (SSSR count). The Morgan fingerprint density at radius 1 is 1.37 bits per heavy atom. The van der Waals surface area contributed by atoms with E-state index in [1.54, 1.807) is 20.8 Å². The van der Waals surface area contributed by atoms with E-state index in [0.717, 1.165) is 12.1 Å². The van der Waals surface area contributed by atoms with Crippen molar-refractivity contribution in [1.29, 1.82) is 0 Å². The molecule has 1 aromatic rings. The van der Waals surface area contributed by atoms with Crippen molar-refractivity contribution in [1.82, 2.24) is 4.72 Å². The van der Waals surface area contributed by atoms with Crippen LogP contribution in [0, 0.1) is 18.7 Å². The molecular formula is C12H16FNO4S. The van der Waals surface area contributed by atoms with Crippen molar-refractivity contribution in [3.63, 3.8) is 0 Å². The monoisotopic (exact) mass is 289 g/mol. The predicted molar refractivity (Wildman–Crippen MR) is 67.7 cm³/mol. The van der Waals surface area contributed by atoms with E-state index in [1.165, 1.54) is 6.07 Å². The number of rotatable bonds is 5. The average Bonchev–Trinajstić information content (AvgIpc) is 2.28. The van der Waals surface area contributed by atoms with Crippen LogP contribution < -0.4 is 4.72 Å². The van der Waals surface area contributed by atoms with E-state index in [-0.39, 0.29) is 0 Å². The number of hydrogen-bond acceptors (Lipinski definition) is 3. The quantitative estimate of drug-likeness (QED) is 0.861. The molecule has 1 aromatic carbocycles. The van der Waals surface area contributed by atoms with E-state index in [1.807, 2.05) is 4.72 Å². The summed E-state index contributed by atoms with van der Waals surface area (Å²) in [5, 5.41) is 8.96. The summed E-state index contributed by atoms with van der Waals surface area (Å²) in [5.41, 5.74) is 0.568. The first kappa shape index (κ1) is 15.6. The zero-order chi connectivity index (χ0) is 14.8. The molecule has 0 spiro atoms. The third kappa shape index (κ3) is 3.74. The Hall–Kier alpha value is -1.47. The van der Waals surface area contributed by atoms with Crippen molar-refractivity contribution in [3.8, 4) is 0 Å². The van der Waals surface area contributed by atoms with Crippen LogP contribution in [0.15, 0.2) is 23.1 Å².